The number of aryl methyl sites for hydroxylation is 1. The smallest absolute Gasteiger partial charge is 0.352 e. The fourth-order valence-electron chi connectivity index (χ4n) is 2.80. The maximum absolute atomic E-state index is 11.5. The fraction of sp³-hybridized carbons (Fsp3) is 0.312. The molecule has 1 aromatic heterocycles. The van der Waals surface area contributed by atoms with E-state index in [1.54, 1.807) is 29.8 Å². The van der Waals surface area contributed by atoms with E-state index in [2.05, 4.69) is 15.4 Å². The Morgan fingerprint density at radius 3 is 2.52 bits per heavy atom. The third kappa shape index (κ3) is 2.73. The molecule has 0 saturated carbocycles. The number of fused-ring (bicyclic) bond motifs is 1. The summed E-state index contributed by atoms with van der Waals surface area (Å²) in [4.78, 5) is 15.7. The Morgan fingerprint density at radius 2 is 1.92 bits per heavy atom. The van der Waals surface area contributed by atoms with E-state index in [4.69, 9.17) is 14.2 Å². The van der Waals surface area contributed by atoms with Crippen molar-refractivity contribution in [2.24, 2.45) is 0 Å². The lowest BCUT2D eigenvalue weighted by Gasteiger charge is -2.25. The minimum Gasteiger partial charge on any atom is -0.493 e. The van der Waals surface area contributed by atoms with Gasteiger partial charge in [0.25, 0.3) is 0 Å². The fourth-order valence-corrected chi connectivity index (χ4v) is 2.80. The minimum atomic E-state index is -1.09. The van der Waals surface area contributed by atoms with Gasteiger partial charge < -0.3 is 24.6 Å². The number of methoxy groups -OCH3 is 3. The summed E-state index contributed by atoms with van der Waals surface area (Å²) in [7, 11) is 4.55. The lowest BCUT2D eigenvalue weighted by Crippen LogP contribution is -2.24. The molecule has 9 heteroatoms. The van der Waals surface area contributed by atoms with Crippen LogP contribution in [0.4, 0.5) is 5.95 Å². The molecule has 0 radical (unpaired) electrons. The van der Waals surface area contributed by atoms with Crippen LogP contribution >= 0.6 is 0 Å². The molecular formula is C16H18N4O5. The van der Waals surface area contributed by atoms with Gasteiger partial charge in [0.05, 0.1) is 21.3 Å². The molecule has 2 aromatic rings. The van der Waals surface area contributed by atoms with Gasteiger partial charge in [0, 0.05) is 5.56 Å². The van der Waals surface area contributed by atoms with E-state index in [9.17, 15) is 9.90 Å². The number of rotatable bonds is 5. The van der Waals surface area contributed by atoms with Crippen molar-refractivity contribution >= 4 is 11.9 Å². The highest BCUT2D eigenvalue weighted by molar-refractivity contribution is 5.90. The number of carboxylic acid groups (broad SMARTS) is 1. The highest BCUT2D eigenvalue weighted by Crippen LogP contribution is 2.44. The van der Waals surface area contributed by atoms with Crippen LogP contribution in [0.15, 0.2) is 23.9 Å². The number of aromatic nitrogens is 3. The van der Waals surface area contributed by atoms with Crippen molar-refractivity contribution in [2.75, 3.05) is 26.6 Å². The third-order valence-corrected chi connectivity index (χ3v) is 3.86. The Bertz CT molecular complexity index is 858. The topological polar surface area (TPSA) is 108 Å². The first-order valence-corrected chi connectivity index (χ1v) is 7.44. The van der Waals surface area contributed by atoms with E-state index >= 15 is 0 Å². The quantitative estimate of drug-likeness (QED) is 0.840. The van der Waals surface area contributed by atoms with Gasteiger partial charge in [-0.15, -0.1) is 0 Å². The molecule has 3 rings (SSSR count). The van der Waals surface area contributed by atoms with Gasteiger partial charge in [-0.2, -0.15) is 10.1 Å². The highest BCUT2D eigenvalue weighted by atomic mass is 16.5. The van der Waals surface area contributed by atoms with Gasteiger partial charge >= 0.3 is 5.97 Å². The molecule has 1 aromatic carbocycles. The van der Waals surface area contributed by atoms with Crippen LogP contribution < -0.4 is 19.5 Å². The van der Waals surface area contributed by atoms with Crippen LogP contribution in [0.3, 0.4) is 0 Å². The van der Waals surface area contributed by atoms with Crippen molar-refractivity contribution in [1.82, 2.24) is 14.8 Å². The van der Waals surface area contributed by atoms with E-state index in [0.29, 0.717) is 34.6 Å². The van der Waals surface area contributed by atoms with Crippen LogP contribution in [0.25, 0.3) is 0 Å². The lowest BCUT2D eigenvalue weighted by atomic mass is 10.0. The normalized spacial score (nSPS) is 15.7. The summed E-state index contributed by atoms with van der Waals surface area (Å²) in [5, 5.41) is 16.5. The Balaban J connectivity index is 2.22. The predicted molar refractivity (Wildman–Crippen MR) is 88.3 cm³/mol. The number of ether oxygens (including phenoxy) is 3. The standard InChI is InChI=1S/C16H18N4O5/c1-8-17-16-18-10(15(21)22)7-11(20(16)19-8)9-5-6-12(23-2)14(25-4)13(9)24-3/h5-7,11H,1-4H3,(H,21,22)(H,17,18,19)/t11-/m1/s1. The number of anilines is 1. The van der Waals surface area contributed by atoms with E-state index in [1.165, 1.54) is 21.3 Å². The number of nitrogens with zero attached hydrogens (tertiary/aromatic N) is 3. The summed E-state index contributed by atoms with van der Waals surface area (Å²) in [5.74, 6) is 1.15. The van der Waals surface area contributed by atoms with Crippen molar-refractivity contribution in [2.45, 2.75) is 13.0 Å². The Hall–Kier alpha value is -3.23. The molecule has 9 nitrogen and oxygen atoms in total. The zero-order valence-corrected chi connectivity index (χ0v) is 14.2. The number of allylic oxidation sites excluding steroid dienone is 1. The first-order chi connectivity index (χ1) is 12.0. The molecule has 132 valence electrons. The highest BCUT2D eigenvalue weighted by Gasteiger charge is 2.30. The first kappa shape index (κ1) is 16.6. The van der Waals surface area contributed by atoms with Gasteiger partial charge in [-0.3, -0.25) is 0 Å². The number of hydrogen-bond acceptors (Lipinski definition) is 7. The average Bonchev–Trinajstić information content (AvgIpc) is 2.99. The zero-order valence-electron chi connectivity index (χ0n) is 14.2. The lowest BCUT2D eigenvalue weighted by molar-refractivity contribution is -0.132. The van der Waals surface area contributed by atoms with Crippen molar-refractivity contribution in [1.29, 1.82) is 0 Å². The molecule has 0 spiro atoms. The monoisotopic (exact) mass is 346 g/mol. The van der Waals surface area contributed by atoms with Gasteiger partial charge in [0.15, 0.2) is 11.5 Å². The van der Waals surface area contributed by atoms with Gasteiger partial charge in [-0.05, 0) is 25.1 Å². The second-order valence-electron chi connectivity index (χ2n) is 5.31. The number of benzene rings is 1. The second kappa shape index (κ2) is 6.34. The predicted octanol–water partition coefficient (Wildman–Crippen LogP) is 1.60. The van der Waals surface area contributed by atoms with Crippen LogP contribution in [-0.4, -0.2) is 47.2 Å². The van der Waals surface area contributed by atoms with Gasteiger partial charge in [-0.1, -0.05) is 0 Å². The van der Waals surface area contributed by atoms with Crippen molar-refractivity contribution < 1.29 is 24.1 Å². The summed E-state index contributed by atoms with van der Waals surface area (Å²) in [6.45, 7) is 1.73. The SMILES string of the molecule is COc1ccc([C@H]2C=C(C(=O)O)Nc3nc(C)nn32)c(OC)c1OC. The molecule has 0 amide bonds. The zero-order chi connectivity index (χ0) is 18.1. The van der Waals surface area contributed by atoms with E-state index in [0.717, 1.165) is 0 Å². The number of carboxylic acids is 1. The van der Waals surface area contributed by atoms with Gasteiger partial charge in [-0.25, -0.2) is 9.48 Å². The summed E-state index contributed by atoms with van der Waals surface area (Å²) >= 11 is 0. The van der Waals surface area contributed by atoms with Crippen molar-refractivity contribution in [3.8, 4) is 17.2 Å². The molecule has 0 fully saturated rings. The Labute approximate surface area is 143 Å². The molecule has 25 heavy (non-hydrogen) atoms. The maximum atomic E-state index is 11.5. The molecule has 2 N–H and O–H groups in total. The summed E-state index contributed by atoms with van der Waals surface area (Å²) in [6, 6.07) is 2.99. The average molecular weight is 346 g/mol. The van der Waals surface area contributed by atoms with Crippen LogP contribution in [-0.2, 0) is 4.79 Å². The molecule has 1 aliphatic heterocycles. The van der Waals surface area contributed by atoms with Gasteiger partial charge in [0.1, 0.15) is 17.6 Å². The largest absolute Gasteiger partial charge is 0.493 e. The van der Waals surface area contributed by atoms with Crippen LogP contribution in [0.2, 0.25) is 0 Å². The summed E-state index contributed by atoms with van der Waals surface area (Å²) in [5.41, 5.74) is 0.688. The van der Waals surface area contributed by atoms with Crippen molar-refractivity contribution in [3.05, 3.63) is 35.3 Å². The molecule has 2 heterocycles. The number of hydrogen-bond donors (Lipinski definition) is 2. The molecule has 0 aliphatic carbocycles. The van der Waals surface area contributed by atoms with E-state index in [1.807, 2.05) is 0 Å². The van der Waals surface area contributed by atoms with Crippen molar-refractivity contribution in [3.63, 3.8) is 0 Å². The maximum Gasteiger partial charge on any atom is 0.352 e. The van der Waals surface area contributed by atoms with E-state index < -0.39 is 12.0 Å². The van der Waals surface area contributed by atoms with E-state index in [-0.39, 0.29) is 5.70 Å². The van der Waals surface area contributed by atoms with Crippen LogP contribution in [0.5, 0.6) is 17.2 Å². The first-order valence-electron chi connectivity index (χ1n) is 7.44. The van der Waals surface area contributed by atoms with Gasteiger partial charge in [0.2, 0.25) is 11.7 Å². The number of carbonyl (C=O) groups is 1. The molecule has 1 atom stereocenters. The second-order valence-corrected chi connectivity index (χ2v) is 5.31. The third-order valence-electron chi connectivity index (χ3n) is 3.86. The van der Waals surface area contributed by atoms with Crippen LogP contribution in [0, 0.1) is 6.92 Å². The Morgan fingerprint density at radius 1 is 1.20 bits per heavy atom. The van der Waals surface area contributed by atoms with Crippen LogP contribution in [0.1, 0.15) is 17.4 Å². The molecule has 0 saturated heterocycles. The molecular weight excluding hydrogens is 328 g/mol. The summed E-state index contributed by atoms with van der Waals surface area (Å²) in [6.07, 6.45) is 1.55. The summed E-state index contributed by atoms with van der Waals surface area (Å²) < 4.78 is 17.8. The number of aliphatic carboxylic acids is 1. The molecule has 0 bridgehead atoms. The number of nitrogens with one attached hydrogen (secondary N) is 1. The molecule has 1 aliphatic rings. The minimum absolute atomic E-state index is 0.0155. The Kier molecular flexibility index (Phi) is 4.22. The molecule has 0 unspecified atom stereocenters.